The maximum absolute atomic E-state index is 11.6. The molecule has 6 nitrogen and oxygen atoms in total. The monoisotopic (exact) mass is 293 g/mol. The van der Waals surface area contributed by atoms with E-state index in [0.29, 0.717) is 11.5 Å². The number of carboxylic acids is 1. The van der Waals surface area contributed by atoms with Gasteiger partial charge in [0.05, 0.1) is 0 Å². The Labute approximate surface area is 123 Å². The van der Waals surface area contributed by atoms with Gasteiger partial charge in [-0.1, -0.05) is 12.1 Å². The maximum atomic E-state index is 11.6. The summed E-state index contributed by atoms with van der Waals surface area (Å²) >= 11 is 0. The van der Waals surface area contributed by atoms with Crippen LogP contribution in [0.5, 0.6) is 11.5 Å². The standard InChI is InChI=1S/C15H19NO5/c1-9(14(18)19)16-12(17)8-20-11-6-4-5-10-7-15(2,3)21-13(10)11/h4-6,9H,7-8H2,1-3H3,(H,16,17)(H,18,19)/t9-/m0/s1. The highest BCUT2D eigenvalue weighted by Crippen LogP contribution is 2.41. The van der Waals surface area contributed by atoms with E-state index in [-0.39, 0.29) is 12.2 Å². The average Bonchev–Trinajstić information content (AvgIpc) is 2.70. The molecule has 0 saturated carbocycles. The number of ether oxygens (including phenoxy) is 2. The van der Waals surface area contributed by atoms with Gasteiger partial charge >= 0.3 is 5.97 Å². The van der Waals surface area contributed by atoms with Crippen LogP contribution in [0.2, 0.25) is 0 Å². The van der Waals surface area contributed by atoms with Crippen LogP contribution >= 0.6 is 0 Å². The molecule has 6 heteroatoms. The Morgan fingerprint density at radius 2 is 2.19 bits per heavy atom. The first kappa shape index (κ1) is 15.2. The molecule has 1 aromatic rings. The third kappa shape index (κ3) is 3.65. The first-order valence-electron chi connectivity index (χ1n) is 6.74. The number of aliphatic carboxylic acids is 1. The van der Waals surface area contributed by atoms with Crippen molar-refractivity contribution in [1.82, 2.24) is 5.32 Å². The lowest BCUT2D eigenvalue weighted by atomic mass is 10.0. The van der Waals surface area contributed by atoms with Gasteiger partial charge in [0.1, 0.15) is 11.6 Å². The Morgan fingerprint density at radius 1 is 1.48 bits per heavy atom. The molecule has 0 aromatic heterocycles. The minimum Gasteiger partial charge on any atom is -0.483 e. The molecule has 2 N–H and O–H groups in total. The predicted molar refractivity (Wildman–Crippen MR) is 75.6 cm³/mol. The van der Waals surface area contributed by atoms with Gasteiger partial charge in [-0.2, -0.15) is 0 Å². The van der Waals surface area contributed by atoms with E-state index >= 15 is 0 Å². The summed E-state index contributed by atoms with van der Waals surface area (Å²) in [5.74, 6) is -0.424. The minimum absolute atomic E-state index is 0.252. The van der Waals surface area contributed by atoms with E-state index in [0.717, 1.165) is 12.0 Å². The Morgan fingerprint density at radius 3 is 2.86 bits per heavy atom. The maximum Gasteiger partial charge on any atom is 0.325 e. The third-order valence-electron chi connectivity index (χ3n) is 3.16. The molecule has 1 atom stereocenters. The van der Waals surface area contributed by atoms with Crippen LogP contribution in [0.25, 0.3) is 0 Å². The van der Waals surface area contributed by atoms with Crippen molar-refractivity contribution in [2.45, 2.75) is 38.8 Å². The smallest absolute Gasteiger partial charge is 0.325 e. The summed E-state index contributed by atoms with van der Waals surface area (Å²) in [6, 6.07) is 4.59. The van der Waals surface area contributed by atoms with E-state index in [2.05, 4.69) is 5.32 Å². The lowest BCUT2D eigenvalue weighted by Gasteiger charge is -2.18. The van der Waals surface area contributed by atoms with Crippen molar-refractivity contribution in [2.24, 2.45) is 0 Å². The SMILES string of the molecule is C[C@H](NC(=O)COc1cccc2c1OC(C)(C)C2)C(=O)O. The number of carbonyl (C=O) groups excluding carboxylic acids is 1. The molecule has 0 saturated heterocycles. The van der Waals surface area contributed by atoms with Gasteiger partial charge in [0, 0.05) is 12.0 Å². The molecule has 21 heavy (non-hydrogen) atoms. The second kappa shape index (κ2) is 5.63. The van der Waals surface area contributed by atoms with Crippen LogP contribution < -0.4 is 14.8 Å². The van der Waals surface area contributed by atoms with E-state index in [4.69, 9.17) is 14.6 Å². The largest absolute Gasteiger partial charge is 0.483 e. The van der Waals surface area contributed by atoms with Gasteiger partial charge in [-0.25, -0.2) is 0 Å². The number of hydrogen-bond donors (Lipinski definition) is 2. The molecule has 1 amide bonds. The zero-order chi connectivity index (χ0) is 15.6. The molecule has 0 spiro atoms. The summed E-state index contributed by atoms with van der Waals surface area (Å²) in [5.41, 5.74) is 0.749. The fraction of sp³-hybridized carbons (Fsp3) is 0.467. The van der Waals surface area contributed by atoms with Gasteiger partial charge < -0.3 is 19.9 Å². The Hall–Kier alpha value is -2.24. The van der Waals surface area contributed by atoms with Crippen LogP contribution in [0, 0.1) is 0 Å². The molecule has 0 fully saturated rings. The topological polar surface area (TPSA) is 84.9 Å². The number of nitrogens with one attached hydrogen (secondary N) is 1. The summed E-state index contributed by atoms with van der Waals surface area (Å²) < 4.78 is 11.3. The molecule has 1 aliphatic heterocycles. The Balaban J connectivity index is 1.98. The highest BCUT2D eigenvalue weighted by atomic mass is 16.5. The average molecular weight is 293 g/mol. The fourth-order valence-electron chi connectivity index (χ4n) is 2.19. The second-order valence-electron chi connectivity index (χ2n) is 5.70. The van der Waals surface area contributed by atoms with E-state index in [9.17, 15) is 9.59 Å². The number of benzene rings is 1. The molecule has 1 heterocycles. The lowest BCUT2D eigenvalue weighted by Crippen LogP contribution is -2.40. The molecule has 0 bridgehead atoms. The van der Waals surface area contributed by atoms with Crippen molar-refractivity contribution in [1.29, 1.82) is 0 Å². The quantitative estimate of drug-likeness (QED) is 0.856. The number of rotatable bonds is 5. The van der Waals surface area contributed by atoms with Crippen LogP contribution in [0.3, 0.4) is 0 Å². The Bertz CT molecular complexity index is 567. The fourth-order valence-corrected chi connectivity index (χ4v) is 2.19. The zero-order valence-corrected chi connectivity index (χ0v) is 12.3. The molecule has 0 aliphatic carbocycles. The lowest BCUT2D eigenvalue weighted by molar-refractivity contribution is -0.141. The molecule has 0 unspecified atom stereocenters. The molecular formula is C15H19NO5. The molecule has 114 valence electrons. The summed E-state index contributed by atoms with van der Waals surface area (Å²) in [7, 11) is 0. The van der Waals surface area contributed by atoms with Crippen LogP contribution in [-0.2, 0) is 16.0 Å². The van der Waals surface area contributed by atoms with E-state index in [1.165, 1.54) is 6.92 Å². The normalized spacial score (nSPS) is 16.5. The third-order valence-corrected chi connectivity index (χ3v) is 3.16. The van der Waals surface area contributed by atoms with Gasteiger partial charge in [-0.3, -0.25) is 9.59 Å². The number of carbonyl (C=O) groups is 2. The van der Waals surface area contributed by atoms with Gasteiger partial charge in [-0.15, -0.1) is 0 Å². The highest BCUT2D eigenvalue weighted by molar-refractivity contribution is 5.84. The number of carboxylic acid groups (broad SMARTS) is 1. The van der Waals surface area contributed by atoms with Crippen LogP contribution in [0.15, 0.2) is 18.2 Å². The molecular weight excluding hydrogens is 274 g/mol. The molecule has 0 radical (unpaired) electrons. The summed E-state index contributed by atoms with van der Waals surface area (Å²) in [5, 5.41) is 11.1. The summed E-state index contributed by atoms with van der Waals surface area (Å²) in [4.78, 5) is 22.3. The van der Waals surface area contributed by atoms with Gasteiger partial charge in [0.2, 0.25) is 0 Å². The summed E-state index contributed by atoms with van der Waals surface area (Å²) in [6.07, 6.45) is 0.780. The van der Waals surface area contributed by atoms with Crippen molar-refractivity contribution < 1.29 is 24.2 Å². The van der Waals surface area contributed by atoms with Crippen LogP contribution in [-0.4, -0.2) is 35.2 Å². The van der Waals surface area contributed by atoms with Crippen molar-refractivity contribution in [3.8, 4) is 11.5 Å². The van der Waals surface area contributed by atoms with Crippen molar-refractivity contribution in [3.05, 3.63) is 23.8 Å². The van der Waals surface area contributed by atoms with E-state index in [1.54, 1.807) is 6.07 Å². The number of para-hydroxylation sites is 1. The number of fused-ring (bicyclic) bond motifs is 1. The molecule has 1 aromatic carbocycles. The van der Waals surface area contributed by atoms with Crippen molar-refractivity contribution in [2.75, 3.05) is 6.61 Å². The van der Waals surface area contributed by atoms with Gasteiger partial charge in [0.25, 0.3) is 5.91 Å². The summed E-state index contributed by atoms with van der Waals surface area (Å²) in [6.45, 7) is 5.11. The zero-order valence-electron chi connectivity index (χ0n) is 12.3. The van der Waals surface area contributed by atoms with Crippen molar-refractivity contribution in [3.63, 3.8) is 0 Å². The highest BCUT2D eigenvalue weighted by Gasteiger charge is 2.32. The number of hydrogen-bond acceptors (Lipinski definition) is 4. The Kier molecular flexibility index (Phi) is 4.06. The molecule has 1 aliphatic rings. The minimum atomic E-state index is -1.09. The van der Waals surface area contributed by atoms with Crippen LogP contribution in [0.4, 0.5) is 0 Å². The van der Waals surface area contributed by atoms with E-state index < -0.39 is 17.9 Å². The second-order valence-corrected chi connectivity index (χ2v) is 5.70. The predicted octanol–water partition coefficient (Wildman–Crippen LogP) is 1.37. The number of amides is 1. The van der Waals surface area contributed by atoms with Gasteiger partial charge in [-0.05, 0) is 26.8 Å². The van der Waals surface area contributed by atoms with Crippen LogP contribution in [0.1, 0.15) is 26.3 Å². The van der Waals surface area contributed by atoms with E-state index in [1.807, 2.05) is 26.0 Å². The van der Waals surface area contributed by atoms with Crippen molar-refractivity contribution >= 4 is 11.9 Å². The van der Waals surface area contributed by atoms with Gasteiger partial charge in [0.15, 0.2) is 18.1 Å². The first-order valence-corrected chi connectivity index (χ1v) is 6.74. The first-order chi connectivity index (χ1) is 9.78. The molecule has 2 rings (SSSR count).